The van der Waals surface area contributed by atoms with Gasteiger partial charge in [-0.1, -0.05) is 170 Å². The standard InChI is InChI=1S/C23H33NO3Si.C23H35NOSi.CH2Cl2/c1-23(2,3)28(20-13-7-5-8-14-20,21-15-9-6-10-16-21)27-18-12-11-17-24(4)19-22(25)26;1-6-24(5)19-13-14-20-25-26(23(2,3)4,21-15-9-7-10-16-21)22-17-11-8-12-18-22;2-1-3/h5-10,13-16H,11-12,17-19H2,1-4H3,(H,25,26);7-12,15-18H,6,13-14,19-20H2,1-5H3;1H2. The Morgan fingerprint density at radius 2 is 0.842 bits per heavy atom. The van der Waals surface area contributed by atoms with E-state index in [9.17, 15) is 4.79 Å². The zero-order valence-corrected chi connectivity index (χ0v) is 39.7. The fraction of sp³-hybridized carbons (Fsp3) is 0.468. The molecule has 0 saturated heterocycles. The van der Waals surface area contributed by atoms with Crippen LogP contribution >= 0.6 is 23.2 Å². The number of aliphatic carboxylic acids is 1. The molecule has 314 valence electrons. The van der Waals surface area contributed by atoms with E-state index in [0.717, 1.165) is 45.5 Å². The molecule has 0 atom stereocenters. The Morgan fingerprint density at radius 3 is 1.09 bits per heavy atom. The van der Waals surface area contributed by atoms with Crippen LogP contribution < -0.4 is 20.7 Å². The first-order valence-electron chi connectivity index (χ1n) is 20.3. The summed E-state index contributed by atoms with van der Waals surface area (Å²) >= 11 is 9.53. The van der Waals surface area contributed by atoms with E-state index in [-0.39, 0.29) is 22.0 Å². The van der Waals surface area contributed by atoms with E-state index >= 15 is 0 Å². The average molecular weight is 854 g/mol. The topological polar surface area (TPSA) is 62.2 Å². The zero-order chi connectivity index (χ0) is 42.4. The van der Waals surface area contributed by atoms with E-state index in [1.54, 1.807) is 0 Å². The van der Waals surface area contributed by atoms with Crippen molar-refractivity contribution >= 4 is 66.6 Å². The van der Waals surface area contributed by atoms with Gasteiger partial charge in [0, 0.05) is 13.2 Å². The smallest absolute Gasteiger partial charge is 0.317 e. The van der Waals surface area contributed by atoms with Crippen LogP contribution in [0.2, 0.25) is 10.1 Å². The molecular weight excluding hydrogens is 784 g/mol. The highest BCUT2D eigenvalue weighted by molar-refractivity contribution is 7.00. The van der Waals surface area contributed by atoms with Gasteiger partial charge in [-0.15, -0.1) is 23.2 Å². The minimum absolute atomic E-state index is 0.0180. The molecule has 0 radical (unpaired) electrons. The summed E-state index contributed by atoms with van der Waals surface area (Å²) in [6.45, 7) is 20.6. The number of hydrogen-bond acceptors (Lipinski definition) is 5. The van der Waals surface area contributed by atoms with Crippen LogP contribution in [0, 0.1) is 0 Å². The predicted molar refractivity (Wildman–Crippen MR) is 250 cm³/mol. The van der Waals surface area contributed by atoms with E-state index in [0.29, 0.717) is 6.61 Å². The monoisotopic (exact) mass is 852 g/mol. The molecule has 4 aromatic rings. The number of halogens is 2. The number of rotatable bonds is 19. The van der Waals surface area contributed by atoms with Crippen molar-refractivity contribution in [3.63, 3.8) is 0 Å². The van der Waals surface area contributed by atoms with E-state index < -0.39 is 22.6 Å². The van der Waals surface area contributed by atoms with Crippen molar-refractivity contribution in [1.82, 2.24) is 9.80 Å². The second-order valence-electron chi connectivity index (χ2n) is 16.6. The first-order chi connectivity index (χ1) is 27.1. The highest BCUT2D eigenvalue weighted by atomic mass is 35.5. The highest BCUT2D eigenvalue weighted by Gasteiger charge is 2.51. The number of carbonyl (C=O) groups is 1. The minimum Gasteiger partial charge on any atom is -0.480 e. The molecule has 10 heteroatoms. The van der Waals surface area contributed by atoms with Gasteiger partial charge in [0.2, 0.25) is 0 Å². The van der Waals surface area contributed by atoms with Gasteiger partial charge in [0.05, 0.1) is 11.9 Å². The minimum atomic E-state index is -2.46. The molecule has 0 amide bonds. The molecule has 0 heterocycles. The summed E-state index contributed by atoms with van der Waals surface area (Å²) in [5, 5.41) is 14.4. The molecule has 57 heavy (non-hydrogen) atoms. The van der Waals surface area contributed by atoms with Gasteiger partial charge in [-0.25, -0.2) is 0 Å². The molecule has 6 nitrogen and oxygen atoms in total. The van der Waals surface area contributed by atoms with Gasteiger partial charge in [0.1, 0.15) is 0 Å². The molecule has 0 fully saturated rings. The lowest BCUT2D eigenvalue weighted by Gasteiger charge is -2.43. The lowest BCUT2D eigenvalue weighted by atomic mass is 10.2. The van der Waals surface area contributed by atoms with Crippen molar-refractivity contribution in [3.05, 3.63) is 121 Å². The summed E-state index contributed by atoms with van der Waals surface area (Å²) < 4.78 is 13.7. The first kappa shape index (κ1) is 50.3. The largest absolute Gasteiger partial charge is 0.480 e. The summed E-state index contributed by atoms with van der Waals surface area (Å²) in [5.41, 5.74) is 0. The molecule has 0 bridgehead atoms. The third-order valence-electron chi connectivity index (χ3n) is 10.3. The summed E-state index contributed by atoms with van der Waals surface area (Å²) in [6.07, 6.45) is 4.12. The molecule has 0 aliphatic rings. The lowest BCUT2D eigenvalue weighted by molar-refractivity contribution is -0.138. The summed E-state index contributed by atoms with van der Waals surface area (Å²) in [5.74, 6) is -0.786. The van der Waals surface area contributed by atoms with Gasteiger partial charge >= 0.3 is 5.97 Å². The van der Waals surface area contributed by atoms with Crippen LogP contribution in [0.1, 0.15) is 74.1 Å². The van der Waals surface area contributed by atoms with Crippen molar-refractivity contribution in [2.75, 3.05) is 58.8 Å². The second-order valence-corrected chi connectivity index (χ2v) is 26.0. The maximum atomic E-state index is 10.8. The Morgan fingerprint density at radius 1 is 0.561 bits per heavy atom. The van der Waals surface area contributed by atoms with Crippen molar-refractivity contribution < 1.29 is 18.8 Å². The summed E-state index contributed by atoms with van der Waals surface area (Å²) in [6, 6.07) is 43.1. The average Bonchev–Trinajstić information content (AvgIpc) is 3.18. The van der Waals surface area contributed by atoms with Crippen LogP contribution in [0.5, 0.6) is 0 Å². The third-order valence-corrected chi connectivity index (χ3v) is 20.4. The molecule has 4 aromatic carbocycles. The van der Waals surface area contributed by atoms with Crippen LogP contribution in [0.15, 0.2) is 121 Å². The SMILES string of the molecule is CCN(C)CCCCO[Si](c1ccccc1)(c1ccccc1)C(C)(C)C.CN(CCCCO[Si](c1ccccc1)(c1ccccc1)C(C)(C)C)CC(=O)O.ClCCl. The number of likely N-dealkylation sites (N-methyl/N-ethyl adjacent to an activating group) is 1. The van der Waals surface area contributed by atoms with E-state index in [1.807, 2.05) is 11.9 Å². The third kappa shape index (κ3) is 15.4. The van der Waals surface area contributed by atoms with Crippen molar-refractivity contribution in [2.45, 2.75) is 84.2 Å². The molecule has 0 aliphatic carbocycles. The number of nitrogens with zero attached hydrogens (tertiary/aromatic N) is 2. The van der Waals surface area contributed by atoms with Gasteiger partial charge in [-0.05, 0) is 90.2 Å². The highest BCUT2D eigenvalue weighted by Crippen LogP contribution is 2.38. The van der Waals surface area contributed by atoms with Crippen LogP contribution in [0.4, 0.5) is 0 Å². The molecule has 1 N–H and O–H groups in total. The molecule has 0 spiro atoms. The lowest BCUT2D eigenvalue weighted by Crippen LogP contribution is -2.66. The molecule has 0 unspecified atom stereocenters. The Kier molecular flexibility index (Phi) is 22.6. The summed E-state index contributed by atoms with van der Waals surface area (Å²) in [4.78, 5) is 15.0. The molecule has 4 rings (SSSR count). The van der Waals surface area contributed by atoms with Crippen molar-refractivity contribution in [1.29, 1.82) is 0 Å². The predicted octanol–water partition coefficient (Wildman–Crippen LogP) is 9.08. The van der Waals surface area contributed by atoms with Gasteiger partial charge in [0.15, 0.2) is 0 Å². The molecule has 0 aromatic heterocycles. The first-order valence-corrected chi connectivity index (χ1v) is 25.2. The molecular formula is C47H70Cl2N2O4Si2. The van der Waals surface area contributed by atoms with Crippen LogP contribution in [-0.4, -0.2) is 96.3 Å². The fourth-order valence-electron chi connectivity index (χ4n) is 7.41. The number of unbranched alkanes of at least 4 members (excludes halogenated alkanes) is 2. The number of benzene rings is 4. The zero-order valence-electron chi connectivity index (χ0n) is 36.1. The number of alkyl halides is 2. The van der Waals surface area contributed by atoms with Gasteiger partial charge in [-0.2, -0.15) is 0 Å². The number of hydrogen-bond donors (Lipinski definition) is 1. The Labute approximate surface area is 357 Å². The van der Waals surface area contributed by atoms with Gasteiger partial charge in [0.25, 0.3) is 16.6 Å². The van der Waals surface area contributed by atoms with E-state index in [1.165, 1.54) is 27.2 Å². The quantitative estimate of drug-likeness (QED) is 0.0578. The fourth-order valence-corrected chi connectivity index (χ4v) is 16.6. The maximum absolute atomic E-state index is 10.8. The van der Waals surface area contributed by atoms with Crippen LogP contribution in [0.25, 0.3) is 0 Å². The molecule has 0 aliphatic heterocycles. The van der Waals surface area contributed by atoms with Crippen LogP contribution in [-0.2, 0) is 13.6 Å². The Bertz CT molecular complexity index is 1560. The maximum Gasteiger partial charge on any atom is 0.317 e. The van der Waals surface area contributed by atoms with Crippen molar-refractivity contribution in [2.24, 2.45) is 0 Å². The van der Waals surface area contributed by atoms with E-state index in [2.05, 4.69) is 182 Å². The van der Waals surface area contributed by atoms with Crippen molar-refractivity contribution in [3.8, 4) is 0 Å². The second kappa shape index (κ2) is 25.6. The molecule has 0 saturated carbocycles. The van der Waals surface area contributed by atoms with E-state index in [4.69, 9.17) is 37.2 Å². The number of carboxylic acid groups (broad SMARTS) is 1. The number of carboxylic acids is 1. The van der Waals surface area contributed by atoms with Gasteiger partial charge in [-0.3, -0.25) is 9.69 Å². The Hall–Kier alpha value is -2.80. The normalized spacial score (nSPS) is 12.1. The Balaban J connectivity index is 0.000000369. The van der Waals surface area contributed by atoms with Crippen LogP contribution in [0.3, 0.4) is 0 Å². The van der Waals surface area contributed by atoms with Gasteiger partial charge < -0.3 is 18.9 Å². The summed E-state index contributed by atoms with van der Waals surface area (Å²) in [7, 11) is -0.781.